The Bertz CT molecular complexity index is 923. The Morgan fingerprint density at radius 1 is 0.793 bits per heavy atom. The molecular formula is C24H25N3O2. The summed E-state index contributed by atoms with van der Waals surface area (Å²) in [7, 11) is 0. The van der Waals surface area contributed by atoms with Gasteiger partial charge in [-0.3, -0.25) is 9.69 Å². The van der Waals surface area contributed by atoms with Crippen LogP contribution in [0.5, 0.6) is 11.5 Å². The summed E-state index contributed by atoms with van der Waals surface area (Å²) in [4.78, 5) is 17.0. The van der Waals surface area contributed by atoms with Crippen LogP contribution in [-0.2, 0) is 4.79 Å². The molecule has 1 amide bonds. The standard InChI is InChI=1S/C24H25N3O2/c28-24(19-26-14-16-27(17-15-26)21-9-3-1-4-10-21)25-20-8-7-13-23(18-20)29-22-11-5-2-6-12-22/h1-13,18H,14-17,19H2,(H,25,28). The Balaban J connectivity index is 1.27. The largest absolute Gasteiger partial charge is 0.457 e. The number of para-hydroxylation sites is 2. The molecule has 1 aliphatic rings. The van der Waals surface area contributed by atoms with E-state index >= 15 is 0 Å². The second kappa shape index (κ2) is 9.26. The first-order valence-corrected chi connectivity index (χ1v) is 9.91. The molecule has 148 valence electrons. The fourth-order valence-electron chi connectivity index (χ4n) is 3.47. The molecule has 29 heavy (non-hydrogen) atoms. The molecule has 1 aliphatic heterocycles. The zero-order valence-corrected chi connectivity index (χ0v) is 16.3. The summed E-state index contributed by atoms with van der Waals surface area (Å²) >= 11 is 0. The summed E-state index contributed by atoms with van der Waals surface area (Å²) in [5.41, 5.74) is 1.98. The molecule has 0 spiro atoms. The normalized spacial score (nSPS) is 14.4. The van der Waals surface area contributed by atoms with Crippen molar-refractivity contribution in [3.05, 3.63) is 84.9 Å². The van der Waals surface area contributed by atoms with E-state index in [-0.39, 0.29) is 5.91 Å². The van der Waals surface area contributed by atoms with E-state index in [1.165, 1.54) is 5.69 Å². The highest BCUT2D eigenvalue weighted by atomic mass is 16.5. The molecule has 0 saturated carbocycles. The van der Waals surface area contributed by atoms with Crippen molar-refractivity contribution in [2.45, 2.75) is 0 Å². The fraction of sp³-hybridized carbons (Fsp3) is 0.208. The minimum absolute atomic E-state index is 0.00461. The number of amides is 1. The molecule has 3 aromatic rings. The van der Waals surface area contributed by atoms with E-state index in [1.807, 2.05) is 60.7 Å². The third kappa shape index (κ3) is 5.36. The van der Waals surface area contributed by atoms with Gasteiger partial charge in [0.05, 0.1) is 6.54 Å². The van der Waals surface area contributed by atoms with E-state index < -0.39 is 0 Å². The maximum Gasteiger partial charge on any atom is 0.238 e. The zero-order chi connectivity index (χ0) is 19.9. The molecule has 0 radical (unpaired) electrons. The second-order valence-corrected chi connectivity index (χ2v) is 7.09. The van der Waals surface area contributed by atoms with Crippen LogP contribution in [0, 0.1) is 0 Å². The number of carbonyl (C=O) groups is 1. The van der Waals surface area contributed by atoms with Gasteiger partial charge in [0, 0.05) is 43.6 Å². The van der Waals surface area contributed by atoms with Crippen LogP contribution in [0.25, 0.3) is 0 Å². The molecule has 5 nitrogen and oxygen atoms in total. The number of carbonyl (C=O) groups excluding carboxylic acids is 1. The van der Waals surface area contributed by atoms with Crippen LogP contribution in [0.3, 0.4) is 0 Å². The van der Waals surface area contributed by atoms with Crippen LogP contribution in [0.1, 0.15) is 0 Å². The maximum absolute atomic E-state index is 12.5. The van der Waals surface area contributed by atoms with Gasteiger partial charge in [-0.15, -0.1) is 0 Å². The SMILES string of the molecule is O=C(CN1CCN(c2ccccc2)CC1)Nc1cccc(Oc2ccccc2)c1. The van der Waals surface area contributed by atoms with Crippen LogP contribution in [0.2, 0.25) is 0 Å². The highest BCUT2D eigenvalue weighted by molar-refractivity contribution is 5.92. The van der Waals surface area contributed by atoms with Crippen LogP contribution < -0.4 is 15.0 Å². The molecule has 0 aromatic heterocycles. The highest BCUT2D eigenvalue weighted by Gasteiger charge is 2.19. The van der Waals surface area contributed by atoms with Gasteiger partial charge in [-0.2, -0.15) is 0 Å². The Hall–Kier alpha value is -3.31. The lowest BCUT2D eigenvalue weighted by atomic mass is 10.2. The summed E-state index contributed by atoms with van der Waals surface area (Å²) in [5, 5.41) is 2.98. The van der Waals surface area contributed by atoms with Crippen molar-refractivity contribution in [1.29, 1.82) is 0 Å². The third-order valence-corrected chi connectivity index (χ3v) is 4.96. The molecule has 5 heteroatoms. The summed E-state index contributed by atoms with van der Waals surface area (Å²) in [6, 6.07) is 27.5. The van der Waals surface area contributed by atoms with Crippen molar-refractivity contribution in [2.75, 3.05) is 42.9 Å². The van der Waals surface area contributed by atoms with E-state index in [2.05, 4.69) is 39.4 Å². The number of nitrogens with one attached hydrogen (secondary N) is 1. The third-order valence-electron chi connectivity index (χ3n) is 4.96. The lowest BCUT2D eigenvalue weighted by molar-refractivity contribution is -0.117. The van der Waals surface area contributed by atoms with Crippen LogP contribution in [-0.4, -0.2) is 43.5 Å². The van der Waals surface area contributed by atoms with Gasteiger partial charge in [0.2, 0.25) is 5.91 Å². The molecule has 4 rings (SSSR count). The predicted octanol–water partition coefficient (Wildman–Crippen LogP) is 4.24. The van der Waals surface area contributed by atoms with Gasteiger partial charge in [0.25, 0.3) is 0 Å². The minimum Gasteiger partial charge on any atom is -0.457 e. The van der Waals surface area contributed by atoms with Gasteiger partial charge in [0.15, 0.2) is 0 Å². The van der Waals surface area contributed by atoms with Gasteiger partial charge in [-0.05, 0) is 36.4 Å². The molecule has 1 heterocycles. The summed E-state index contributed by atoms with van der Waals surface area (Å²) < 4.78 is 5.84. The topological polar surface area (TPSA) is 44.8 Å². The van der Waals surface area contributed by atoms with Gasteiger partial charge in [-0.25, -0.2) is 0 Å². The molecule has 0 unspecified atom stereocenters. The molecule has 0 aliphatic carbocycles. The van der Waals surface area contributed by atoms with Crippen molar-refractivity contribution >= 4 is 17.3 Å². The molecule has 3 aromatic carbocycles. The summed E-state index contributed by atoms with van der Waals surface area (Å²) in [6.07, 6.45) is 0. The van der Waals surface area contributed by atoms with Gasteiger partial charge >= 0.3 is 0 Å². The van der Waals surface area contributed by atoms with Crippen molar-refractivity contribution in [3.63, 3.8) is 0 Å². The lowest BCUT2D eigenvalue weighted by Gasteiger charge is -2.35. The minimum atomic E-state index is -0.00461. The number of anilines is 2. The van der Waals surface area contributed by atoms with Gasteiger partial charge in [0.1, 0.15) is 11.5 Å². The Morgan fingerprint density at radius 3 is 2.17 bits per heavy atom. The van der Waals surface area contributed by atoms with E-state index in [1.54, 1.807) is 0 Å². The Morgan fingerprint density at radius 2 is 1.45 bits per heavy atom. The maximum atomic E-state index is 12.5. The first-order chi connectivity index (χ1) is 14.3. The molecule has 1 N–H and O–H groups in total. The average molecular weight is 387 g/mol. The molecule has 0 bridgehead atoms. The molecule has 1 saturated heterocycles. The molecule has 1 fully saturated rings. The highest BCUT2D eigenvalue weighted by Crippen LogP contribution is 2.24. The quantitative estimate of drug-likeness (QED) is 0.687. The number of benzene rings is 3. The smallest absolute Gasteiger partial charge is 0.238 e. The first-order valence-electron chi connectivity index (χ1n) is 9.91. The van der Waals surface area contributed by atoms with Crippen LogP contribution in [0.4, 0.5) is 11.4 Å². The number of hydrogen-bond donors (Lipinski definition) is 1. The van der Waals surface area contributed by atoms with E-state index in [0.29, 0.717) is 12.3 Å². The van der Waals surface area contributed by atoms with Crippen molar-refractivity contribution in [2.24, 2.45) is 0 Å². The van der Waals surface area contributed by atoms with Crippen LogP contribution >= 0.6 is 0 Å². The van der Waals surface area contributed by atoms with E-state index in [0.717, 1.165) is 37.6 Å². The molecular weight excluding hydrogens is 362 g/mol. The Kier molecular flexibility index (Phi) is 6.07. The fourth-order valence-corrected chi connectivity index (χ4v) is 3.47. The zero-order valence-electron chi connectivity index (χ0n) is 16.3. The number of rotatable bonds is 6. The number of ether oxygens (including phenoxy) is 1. The Labute approximate surface area is 171 Å². The van der Waals surface area contributed by atoms with Gasteiger partial charge < -0.3 is 15.0 Å². The lowest BCUT2D eigenvalue weighted by Crippen LogP contribution is -2.48. The summed E-state index contributed by atoms with van der Waals surface area (Å²) in [6.45, 7) is 4.00. The van der Waals surface area contributed by atoms with Crippen LogP contribution in [0.15, 0.2) is 84.9 Å². The van der Waals surface area contributed by atoms with Crippen molar-refractivity contribution in [3.8, 4) is 11.5 Å². The average Bonchev–Trinajstić information content (AvgIpc) is 2.76. The van der Waals surface area contributed by atoms with Crippen molar-refractivity contribution < 1.29 is 9.53 Å². The van der Waals surface area contributed by atoms with Crippen molar-refractivity contribution in [1.82, 2.24) is 4.90 Å². The number of nitrogens with zero attached hydrogens (tertiary/aromatic N) is 2. The van der Waals surface area contributed by atoms with E-state index in [9.17, 15) is 4.79 Å². The van der Waals surface area contributed by atoms with E-state index in [4.69, 9.17) is 4.74 Å². The van der Waals surface area contributed by atoms with Gasteiger partial charge in [-0.1, -0.05) is 42.5 Å². The number of hydrogen-bond acceptors (Lipinski definition) is 4. The molecule has 0 atom stereocenters. The number of piperazine rings is 1. The second-order valence-electron chi connectivity index (χ2n) is 7.09. The monoisotopic (exact) mass is 387 g/mol. The first kappa shape index (κ1) is 19.0. The summed E-state index contributed by atoms with van der Waals surface area (Å²) in [5.74, 6) is 1.47. The predicted molar refractivity (Wildman–Crippen MR) is 117 cm³/mol.